The zero-order valence-electron chi connectivity index (χ0n) is 16.8. The molecule has 0 spiro atoms. The number of para-hydroxylation sites is 1. The van der Waals surface area contributed by atoms with Crippen LogP contribution >= 0.6 is 0 Å². The number of rotatable bonds is 6. The maximum Gasteiger partial charge on any atom is 0.323 e. The molecule has 1 N–H and O–H groups in total. The molecule has 5 nitrogen and oxygen atoms in total. The van der Waals surface area contributed by atoms with Crippen LogP contribution in [-0.2, 0) is 29.6 Å². The number of hydrogen-bond donors (Lipinski definition) is 1. The molecule has 0 fully saturated rings. The van der Waals surface area contributed by atoms with Crippen molar-refractivity contribution in [3.63, 3.8) is 0 Å². The van der Waals surface area contributed by atoms with Crippen molar-refractivity contribution in [2.45, 2.75) is 13.0 Å². The summed E-state index contributed by atoms with van der Waals surface area (Å²) in [6, 6.07) is 17.3. The summed E-state index contributed by atoms with van der Waals surface area (Å²) in [6.07, 6.45) is -0.0539. The van der Waals surface area contributed by atoms with E-state index in [9.17, 15) is 23.5 Å². The molecule has 0 saturated carbocycles. The van der Waals surface area contributed by atoms with Crippen molar-refractivity contribution >= 4 is 33.7 Å². The standard InChI is InChI=1S/C24H20F2N2O3/c1-27-20-8-3-2-6-17(20)18-10-9-15(11-21(18)27)12-22(29)28(14-23(30)31)13-16-5-4-7-19(25)24(16)26/h2-11H,12-14H2,1H3,(H,30,31). The van der Waals surface area contributed by atoms with Crippen LogP contribution in [-0.4, -0.2) is 33.0 Å². The third kappa shape index (κ3) is 3.99. The Labute approximate surface area is 177 Å². The van der Waals surface area contributed by atoms with Gasteiger partial charge in [-0.3, -0.25) is 9.59 Å². The van der Waals surface area contributed by atoms with Gasteiger partial charge < -0.3 is 14.6 Å². The maximum atomic E-state index is 14.0. The number of halogens is 2. The van der Waals surface area contributed by atoms with Crippen molar-refractivity contribution in [3.8, 4) is 0 Å². The predicted molar refractivity (Wildman–Crippen MR) is 114 cm³/mol. The number of aryl methyl sites for hydroxylation is 1. The number of carboxylic acid groups (broad SMARTS) is 1. The summed E-state index contributed by atoms with van der Waals surface area (Å²) >= 11 is 0. The van der Waals surface area contributed by atoms with Crippen LogP contribution in [0.3, 0.4) is 0 Å². The van der Waals surface area contributed by atoms with Crippen LogP contribution in [0.5, 0.6) is 0 Å². The minimum absolute atomic E-state index is 0.0539. The average molecular weight is 422 g/mol. The van der Waals surface area contributed by atoms with E-state index in [1.165, 1.54) is 12.1 Å². The molecule has 0 atom stereocenters. The molecule has 158 valence electrons. The number of benzene rings is 3. The van der Waals surface area contributed by atoms with Gasteiger partial charge in [0.1, 0.15) is 6.54 Å². The van der Waals surface area contributed by atoms with Crippen molar-refractivity contribution in [3.05, 3.63) is 83.4 Å². The molecule has 0 bridgehead atoms. The summed E-state index contributed by atoms with van der Waals surface area (Å²) in [4.78, 5) is 25.2. The Balaban J connectivity index is 1.62. The van der Waals surface area contributed by atoms with Gasteiger partial charge >= 0.3 is 5.97 Å². The Bertz CT molecular complexity index is 1310. The SMILES string of the molecule is Cn1c2ccccc2c2ccc(CC(=O)N(CC(=O)O)Cc3cccc(F)c3F)cc21. The van der Waals surface area contributed by atoms with E-state index in [0.717, 1.165) is 32.8 Å². The summed E-state index contributed by atoms with van der Waals surface area (Å²) in [6.45, 7) is -0.934. The number of carbonyl (C=O) groups excluding carboxylic acids is 1. The van der Waals surface area contributed by atoms with E-state index in [1.807, 2.05) is 54.1 Å². The third-order valence-electron chi connectivity index (χ3n) is 5.41. The highest BCUT2D eigenvalue weighted by Gasteiger charge is 2.20. The van der Waals surface area contributed by atoms with E-state index in [2.05, 4.69) is 0 Å². The second kappa shape index (κ2) is 8.18. The van der Waals surface area contributed by atoms with E-state index >= 15 is 0 Å². The second-order valence-electron chi connectivity index (χ2n) is 7.46. The summed E-state index contributed by atoms with van der Waals surface area (Å²) in [7, 11) is 1.94. The van der Waals surface area contributed by atoms with Gasteiger partial charge in [-0.05, 0) is 23.8 Å². The summed E-state index contributed by atoms with van der Waals surface area (Å²) in [5, 5.41) is 11.4. The smallest absolute Gasteiger partial charge is 0.323 e. The third-order valence-corrected chi connectivity index (χ3v) is 5.41. The normalized spacial score (nSPS) is 11.2. The zero-order chi connectivity index (χ0) is 22.1. The van der Waals surface area contributed by atoms with Crippen molar-refractivity contribution in [2.24, 2.45) is 7.05 Å². The largest absolute Gasteiger partial charge is 0.480 e. The molecule has 31 heavy (non-hydrogen) atoms. The topological polar surface area (TPSA) is 62.5 Å². The highest BCUT2D eigenvalue weighted by atomic mass is 19.2. The Morgan fingerprint density at radius 1 is 0.968 bits per heavy atom. The van der Waals surface area contributed by atoms with Crippen LogP contribution in [0.25, 0.3) is 21.8 Å². The molecule has 0 aliphatic heterocycles. The lowest BCUT2D eigenvalue weighted by Crippen LogP contribution is -2.36. The van der Waals surface area contributed by atoms with E-state index in [-0.39, 0.29) is 18.5 Å². The lowest BCUT2D eigenvalue weighted by molar-refractivity contribution is -0.144. The number of hydrogen-bond acceptors (Lipinski definition) is 2. The van der Waals surface area contributed by atoms with Gasteiger partial charge in [-0.15, -0.1) is 0 Å². The van der Waals surface area contributed by atoms with Crippen LogP contribution in [0.2, 0.25) is 0 Å². The van der Waals surface area contributed by atoms with Gasteiger partial charge in [0, 0.05) is 41.0 Å². The Morgan fingerprint density at radius 2 is 1.71 bits per heavy atom. The van der Waals surface area contributed by atoms with E-state index in [0.29, 0.717) is 5.56 Å². The van der Waals surface area contributed by atoms with E-state index < -0.39 is 30.1 Å². The van der Waals surface area contributed by atoms with Crippen molar-refractivity contribution in [1.82, 2.24) is 9.47 Å². The number of fused-ring (bicyclic) bond motifs is 3. The number of carbonyl (C=O) groups is 2. The fourth-order valence-electron chi connectivity index (χ4n) is 3.87. The van der Waals surface area contributed by atoms with Gasteiger partial charge in [0.05, 0.1) is 6.42 Å². The number of carboxylic acids is 1. The van der Waals surface area contributed by atoms with Crippen LogP contribution in [0.15, 0.2) is 60.7 Å². The van der Waals surface area contributed by atoms with E-state index in [4.69, 9.17) is 0 Å². The van der Waals surface area contributed by atoms with Gasteiger partial charge in [-0.1, -0.05) is 42.5 Å². The number of nitrogens with zero attached hydrogens (tertiary/aromatic N) is 2. The number of amides is 1. The molecule has 4 rings (SSSR count). The second-order valence-corrected chi connectivity index (χ2v) is 7.46. The minimum atomic E-state index is -1.23. The van der Waals surface area contributed by atoms with Crippen molar-refractivity contribution in [2.75, 3.05) is 6.54 Å². The van der Waals surface area contributed by atoms with E-state index in [1.54, 1.807) is 0 Å². The van der Waals surface area contributed by atoms with Gasteiger partial charge in [0.2, 0.25) is 5.91 Å². The fraction of sp³-hybridized carbons (Fsp3) is 0.167. The molecule has 7 heteroatoms. The van der Waals surface area contributed by atoms with Crippen LogP contribution in [0.4, 0.5) is 8.78 Å². The molecule has 4 aromatic rings. The molecule has 0 saturated heterocycles. The molecule has 0 radical (unpaired) electrons. The molecule has 1 amide bonds. The molecule has 3 aromatic carbocycles. The maximum absolute atomic E-state index is 14.0. The summed E-state index contributed by atoms with van der Waals surface area (Å²) in [5.74, 6) is -3.83. The lowest BCUT2D eigenvalue weighted by Gasteiger charge is -2.21. The first-order chi connectivity index (χ1) is 14.8. The molecule has 1 aromatic heterocycles. The molecular formula is C24H20F2N2O3. The Morgan fingerprint density at radius 3 is 2.48 bits per heavy atom. The van der Waals surface area contributed by atoms with Gasteiger partial charge in [-0.25, -0.2) is 8.78 Å². The number of aliphatic carboxylic acids is 1. The number of aromatic nitrogens is 1. The highest BCUT2D eigenvalue weighted by molar-refractivity contribution is 6.08. The van der Waals surface area contributed by atoms with Crippen LogP contribution in [0.1, 0.15) is 11.1 Å². The lowest BCUT2D eigenvalue weighted by atomic mass is 10.1. The first-order valence-corrected chi connectivity index (χ1v) is 9.73. The van der Waals surface area contributed by atoms with Crippen LogP contribution < -0.4 is 0 Å². The first kappa shape index (κ1) is 20.5. The predicted octanol–water partition coefficient (Wildman–Crippen LogP) is 4.27. The first-order valence-electron chi connectivity index (χ1n) is 9.73. The summed E-state index contributed by atoms with van der Waals surface area (Å²) in [5.41, 5.74) is 2.65. The van der Waals surface area contributed by atoms with Gasteiger partial charge in [0.15, 0.2) is 11.6 Å². The molecular weight excluding hydrogens is 402 g/mol. The fourth-order valence-corrected chi connectivity index (χ4v) is 3.87. The molecule has 0 aliphatic rings. The molecule has 0 aliphatic carbocycles. The monoisotopic (exact) mass is 422 g/mol. The quantitative estimate of drug-likeness (QED) is 0.505. The average Bonchev–Trinajstić information content (AvgIpc) is 3.02. The Hall–Kier alpha value is -3.74. The van der Waals surface area contributed by atoms with Crippen molar-refractivity contribution < 1.29 is 23.5 Å². The zero-order valence-corrected chi connectivity index (χ0v) is 16.8. The Kier molecular flexibility index (Phi) is 5.42. The van der Waals surface area contributed by atoms with Gasteiger partial charge in [0.25, 0.3) is 0 Å². The van der Waals surface area contributed by atoms with Crippen molar-refractivity contribution in [1.29, 1.82) is 0 Å². The van der Waals surface area contributed by atoms with Crippen LogP contribution in [0, 0.1) is 11.6 Å². The highest BCUT2D eigenvalue weighted by Crippen LogP contribution is 2.28. The molecule has 0 unspecified atom stereocenters. The van der Waals surface area contributed by atoms with Gasteiger partial charge in [-0.2, -0.15) is 0 Å². The molecule has 1 heterocycles. The minimum Gasteiger partial charge on any atom is -0.480 e. The summed E-state index contributed by atoms with van der Waals surface area (Å²) < 4.78 is 29.6.